The molecule has 22 heavy (non-hydrogen) atoms. The van der Waals surface area contributed by atoms with E-state index in [4.69, 9.17) is 11.6 Å². The Bertz CT molecular complexity index is 770. The minimum absolute atomic E-state index is 0.752. The topological polar surface area (TPSA) is 31.9 Å². The number of aromatic nitrogens is 2. The third-order valence-corrected chi connectivity index (χ3v) is 4.63. The fraction of sp³-hybridized carbons (Fsp3) is 0.278. The molecule has 0 saturated carbocycles. The van der Waals surface area contributed by atoms with Gasteiger partial charge >= 0.3 is 0 Å². The van der Waals surface area contributed by atoms with Crippen molar-refractivity contribution in [3.63, 3.8) is 0 Å². The normalized spacial score (nSPS) is 15.4. The van der Waals surface area contributed by atoms with Gasteiger partial charge in [0.15, 0.2) is 0 Å². The van der Waals surface area contributed by atoms with Gasteiger partial charge in [-0.3, -0.25) is 0 Å². The Balaban J connectivity index is 1.70. The van der Waals surface area contributed by atoms with E-state index >= 15 is 0 Å². The van der Waals surface area contributed by atoms with Gasteiger partial charge in [0.2, 0.25) is 0 Å². The van der Waals surface area contributed by atoms with E-state index in [1.54, 1.807) is 0 Å². The summed E-state index contributed by atoms with van der Waals surface area (Å²) in [5, 5.41) is 0.752. The number of para-hydroxylation sites is 2. The zero-order chi connectivity index (χ0) is 14.9. The van der Waals surface area contributed by atoms with Crippen LogP contribution in [-0.4, -0.2) is 23.1 Å². The van der Waals surface area contributed by atoms with E-state index in [0.29, 0.717) is 0 Å². The predicted octanol–water partition coefficient (Wildman–Crippen LogP) is 4.87. The Morgan fingerprint density at radius 2 is 1.82 bits per heavy atom. The zero-order valence-electron chi connectivity index (χ0n) is 12.3. The lowest BCUT2D eigenvalue weighted by atomic mass is 10.1. The van der Waals surface area contributed by atoms with Crippen molar-refractivity contribution in [3.05, 3.63) is 47.5 Å². The standard InChI is InChI=1S/C18H18ClN3/c19-15-12-13(22-10-4-1-5-11-22)8-9-14(15)18-20-16-6-2-3-7-17(16)21-18/h2-3,6-9,12H,1,4-5,10-11H2,(H,20,21). The number of benzene rings is 2. The van der Waals surface area contributed by atoms with Crippen LogP contribution in [0.3, 0.4) is 0 Å². The van der Waals surface area contributed by atoms with Gasteiger partial charge in [0.05, 0.1) is 16.1 Å². The Morgan fingerprint density at radius 1 is 1.00 bits per heavy atom. The van der Waals surface area contributed by atoms with Gasteiger partial charge in [-0.25, -0.2) is 4.98 Å². The van der Waals surface area contributed by atoms with Crippen molar-refractivity contribution >= 4 is 28.3 Å². The number of hydrogen-bond acceptors (Lipinski definition) is 2. The number of nitrogens with one attached hydrogen (secondary N) is 1. The number of halogens is 1. The number of piperidine rings is 1. The average molecular weight is 312 g/mol. The molecule has 0 radical (unpaired) electrons. The van der Waals surface area contributed by atoms with E-state index in [1.807, 2.05) is 24.3 Å². The minimum Gasteiger partial charge on any atom is -0.371 e. The van der Waals surface area contributed by atoms with Gasteiger partial charge in [0.25, 0.3) is 0 Å². The smallest absolute Gasteiger partial charge is 0.139 e. The van der Waals surface area contributed by atoms with E-state index in [9.17, 15) is 0 Å². The number of hydrogen-bond donors (Lipinski definition) is 1. The van der Waals surface area contributed by atoms with Crippen LogP contribution >= 0.6 is 11.6 Å². The van der Waals surface area contributed by atoms with Crippen molar-refractivity contribution in [2.45, 2.75) is 19.3 Å². The third-order valence-electron chi connectivity index (χ3n) is 4.32. The monoisotopic (exact) mass is 311 g/mol. The summed E-state index contributed by atoms with van der Waals surface area (Å²) in [5.41, 5.74) is 4.17. The van der Waals surface area contributed by atoms with Crippen LogP contribution in [0, 0.1) is 0 Å². The van der Waals surface area contributed by atoms with Crippen LogP contribution in [0.25, 0.3) is 22.4 Å². The van der Waals surface area contributed by atoms with Crippen LogP contribution in [0.5, 0.6) is 0 Å². The van der Waals surface area contributed by atoms with E-state index < -0.39 is 0 Å². The molecule has 0 aliphatic carbocycles. The zero-order valence-corrected chi connectivity index (χ0v) is 13.1. The lowest BCUT2D eigenvalue weighted by molar-refractivity contribution is 0.578. The number of nitrogens with zero attached hydrogens (tertiary/aromatic N) is 2. The van der Waals surface area contributed by atoms with Crippen LogP contribution in [-0.2, 0) is 0 Å². The first-order valence-corrected chi connectivity index (χ1v) is 8.19. The summed E-state index contributed by atoms with van der Waals surface area (Å²) in [6.45, 7) is 2.25. The van der Waals surface area contributed by atoms with Crippen molar-refractivity contribution < 1.29 is 0 Å². The molecule has 2 heterocycles. The van der Waals surface area contributed by atoms with Crippen molar-refractivity contribution in [2.24, 2.45) is 0 Å². The Morgan fingerprint density at radius 3 is 2.59 bits per heavy atom. The highest BCUT2D eigenvalue weighted by Crippen LogP contribution is 2.32. The van der Waals surface area contributed by atoms with Crippen LogP contribution in [0.4, 0.5) is 5.69 Å². The van der Waals surface area contributed by atoms with E-state index in [2.05, 4.69) is 33.1 Å². The van der Waals surface area contributed by atoms with E-state index in [0.717, 1.165) is 40.5 Å². The molecule has 4 rings (SSSR count). The van der Waals surface area contributed by atoms with E-state index in [1.165, 1.54) is 24.9 Å². The third kappa shape index (κ3) is 2.46. The quantitative estimate of drug-likeness (QED) is 0.732. The lowest BCUT2D eigenvalue weighted by Gasteiger charge is -2.29. The highest BCUT2D eigenvalue weighted by atomic mass is 35.5. The highest BCUT2D eigenvalue weighted by molar-refractivity contribution is 6.33. The van der Waals surface area contributed by atoms with Crippen LogP contribution < -0.4 is 4.90 Å². The minimum atomic E-state index is 0.752. The molecule has 1 aliphatic rings. The molecule has 1 aliphatic heterocycles. The molecule has 112 valence electrons. The van der Waals surface area contributed by atoms with Gasteiger partial charge in [-0.2, -0.15) is 0 Å². The maximum Gasteiger partial charge on any atom is 0.139 e. The lowest BCUT2D eigenvalue weighted by Crippen LogP contribution is -2.29. The predicted molar refractivity (Wildman–Crippen MR) is 92.6 cm³/mol. The van der Waals surface area contributed by atoms with E-state index in [-0.39, 0.29) is 0 Å². The summed E-state index contributed by atoms with van der Waals surface area (Å²) in [6.07, 6.45) is 3.87. The molecule has 1 N–H and O–H groups in total. The molecule has 0 bridgehead atoms. The van der Waals surface area contributed by atoms with Gasteiger partial charge in [-0.05, 0) is 49.6 Å². The second kappa shape index (κ2) is 5.65. The molecule has 3 aromatic rings. The molecule has 0 spiro atoms. The van der Waals surface area contributed by atoms with Crippen LogP contribution in [0.2, 0.25) is 5.02 Å². The summed E-state index contributed by atoms with van der Waals surface area (Å²) in [4.78, 5) is 10.4. The summed E-state index contributed by atoms with van der Waals surface area (Å²) < 4.78 is 0. The molecule has 1 fully saturated rings. The molecule has 0 unspecified atom stereocenters. The SMILES string of the molecule is Clc1cc(N2CCCCC2)ccc1-c1nc2ccccc2[nH]1. The highest BCUT2D eigenvalue weighted by Gasteiger charge is 2.14. The fourth-order valence-electron chi connectivity index (χ4n) is 3.13. The van der Waals surface area contributed by atoms with Crippen LogP contribution in [0.1, 0.15) is 19.3 Å². The molecule has 1 aromatic heterocycles. The molecule has 4 heteroatoms. The second-order valence-corrected chi connectivity index (χ2v) is 6.22. The number of H-pyrrole nitrogens is 1. The molecule has 3 nitrogen and oxygen atoms in total. The number of aromatic amines is 1. The molecule has 2 aromatic carbocycles. The first kappa shape index (κ1) is 13.6. The van der Waals surface area contributed by atoms with Gasteiger partial charge in [0.1, 0.15) is 5.82 Å². The Hall–Kier alpha value is -2.00. The van der Waals surface area contributed by atoms with Crippen LogP contribution in [0.15, 0.2) is 42.5 Å². The summed E-state index contributed by atoms with van der Waals surface area (Å²) in [5.74, 6) is 0.830. The van der Waals surface area contributed by atoms with Crippen molar-refractivity contribution in [3.8, 4) is 11.4 Å². The first-order chi connectivity index (χ1) is 10.8. The van der Waals surface area contributed by atoms with Gasteiger partial charge in [-0.1, -0.05) is 23.7 Å². The molecule has 0 amide bonds. The number of rotatable bonds is 2. The summed E-state index contributed by atoms with van der Waals surface area (Å²) in [6, 6.07) is 14.3. The summed E-state index contributed by atoms with van der Waals surface area (Å²) in [7, 11) is 0. The van der Waals surface area contributed by atoms with Gasteiger partial charge < -0.3 is 9.88 Å². The number of fused-ring (bicyclic) bond motifs is 1. The number of anilines is 1. The molecule has 1 saturated heterocycles. The maximum absolute atomic E-state index is 6.52. The Labute approximate surface area is 134 Å². The maximum atomic E-state index is 6.52. The average Bonchev–Trinajstić information content (AvgIpc) is 2.99. The fourth-order valence-corrected chi connectivity index (χ4v) is 3.39. The molecular weight excluding hydrogens is 294 g/mol. The van der Waals surface area contributed by atoms with Gasteiger partial charge in [0, 0.05) is 24.3 Å². The van der Waals surface area contributed by atoms with Gasteiger partial charge in [-0.15, -0.1) is 0 Å². The largest absolute Gasteiger partial charge is 0.371 e. The van der Waals surface area contributed by atoms with Crippen molar-refractivity contribution in [2.75, 3.05) is 18.0 Å². The number of imidazole rings is 1. The molecule has 0 atom stereocenters. The summed E-state index contributed by atoms with van der Waals surface area (Å²) >= 11 is 6.52. The second-order valence-electron chi connectivity index (χ2n) is 5.81. The van der Waals surface area contributed by atoms with Crippen molar-refractivity contribution in [1.29, 1.82) is 0 Å². The van der Waals surface area contributed by atoms with Crippen molar-refractivity contribution in [1.82, 2.24) is 9.97 Å². The first-order valence-electron chi connectivity index (χ1n) is 7.81. The Kier molecular flexibility index (Phi) is 3.51. The molecular formula is C18H18ClN3.